The smallest absolute Gasteiger partial charge is 0.150 e. The van der Waals surface area contributed by atoms with Crippen molar-refractivity contribution in [2.24, 2.45) is 0 Å². The molecular formula is C17H17ClO2. The molecule has 2 rings (SSSR count). The third kappa shape index (κ3) is 3.20. The summed E-state index contributed by atoms with van der Waals surface area (Å²) in [6.45, 7) is 6.26. The van der Waals surface area contributed by atoms with E-state index in [1.54, 1.807) is 18.2 Å². The summed E-state index contributed by atoms with van der Waals surface area (Å²) in [7, 11) is 0. The first-order chi connectivity index (χ1) is 9.51. The Morgan fingerprint density at radius 2 is 1.85 bits per heavy atom. The van der Waals surface area contributed by atoms with Gasteiger partial charge in [-0.25, -0.2) is 0 Å². The Morgan fingerprint density at radius 3 is 2.45 bits per heavy atom. The van der Waals surface area contributed by atoms with Crippen LogP contribution in [0.15, 0.2) is 36.4 Å². The van der Waals surface area contributed by atoms with E-state index in [2.05, 4.69) is 26.0 Å². The van der Waals surface area contributed by atoms with Crippen molar-refractivity contribution >= 4 is 17.9 Å². The monoisotopic (exact) mass is 288 g/mol. The molecule has 0 unspecified atom stereocenters. The van der Waals surface area contributed by atoms with Crippen LogP contribution in [-0.4, -0.2) is 6.29 Å². The SMILES string of the molecule is Cc1ccc(C(C)C)c(Oc2ccc(C=O)cc2Cl)c1. The molecule has 2 aromatic carbocycles. The van der Waals surface area contributed by atoms with Gasteiger partial charge in [0.1, 0.15) is 17.8 Å². The van der Waals surface area contributed by atoms with Crippen LogP contribution < -0.4 is 4.74 Å². The van der Waals surface area contributed by atoms with Crippen molar-refractivity contribution in [2.45, 2.75) is 26.7 Å². The van der Waals surface area contributed by atoms with E-state index in [1.807, 2.05) is 13.0 Å². The lowest BCUT2D eigenvalue weighted by atomic mass is 10.0. The molecule has 0 fully saturated rings. The molecule has 0 radical (unpaired) electrons. The first-order valence-electron chi connectivity index (χ1n) is 6.54. The Kier molecular flexibility index (Phi) is 4.46. The summed E-state index contributed by atoms with van der Waals surface area (Å²) in [5.74, 6) is 1.73. The van der Waals surface area contributed by atoms with Crippen molar-refractivity contribution in [1.82, 2.24) is 0 Å². The molecule has 0 amide bonds. The first-order valence-corrected chi connectivity index (χ1v) is 6.92. The van der Waals surface area contributed by atoms with Gasteiger partial charge >= 0.3 is 0 Å². The van der Waals surface area contributed by atoms with E-state index in [9.17, 15) is 4.79 Å². The molecule has 0 saturated carbocycles. The molecule has 0 aromatic heterocycles. The molecular weight excluding hydrogens is 272 g/mol. The average molecular weight is 289 g/mol. The van der Waals surface area contributed by atoms with Gasteiger partial charge in [-0.3, -0.25) is 4.79 Å². The van der Waals surface area contributed by atoms with Crippen molar-refractivity contribution in [3.63, 3.8) is 0 Å². The van der Waals surface area contributed by atoms with Crippen LogP contribution >= 0.6 is 11.6 Å². The fourth-order valence-electron chi connectivity index (χ4n) is 2.00. The lowest BCUT2D eigenvalue weighted by Gasteiger charge is -2.15. The topological polar surface area (TPSA) is 26.3 Å². The molecule has 0 bridgehead atoms. The number of halogens is 1. The maximum absolute atomic E-state index is 10.7. The molecule has 0 aliphatic rings. The van der Waals surface area contributed by atoms with Crippen LogP contribution in [0.5, 0.6) is 11.5 Å². The van der Waals surface area contributed by atoms with Crippen molar-refractivity contribution < 1.29 is 9.53 Å². The molecule has 104 valence electrons. The fourth-order valence-corrected chi connectivity index (χ4v) is 2.23. The second-order valence-corrected chi connectivity index (χ2v) is 5.51. The number of aldehydes is 1. The number of aryl methyl sites for hydroxylation is 1. The number of rotatable bonds is 4. The third-order valence-corrected chi connectivity index (χ3v) is 3.40. The Balaban J connectivity index is 2.39. The summed E-state index contributed by atoms with van der Waals surface area (Å²) in [4.78, 5) is 10.7. The highest BCUT2D eigenvalue weighted by Crippen LogP contribution is 2.35. The van der Waals surface area contributed by atoms with Gasteiger partial charge in [0.25, 0.3) is 0 Å². The van der Waals surface area contributed by atoms with Gasteiger partial charge in [0.15, 0.2) is 0 Å². The van der Waals surface area contributed by atoms with E-state index in [-0.39, 0.29) is 0 Å². The van der Waals surface area contributed by atoms with E-state index in [0.717, 1.165) is 23.2 Å². The number of hydrogen-bond acceptors (Lipinski definition) is 2. The lowest BCUT2D eigenvalue weighted by molar-refractivity contribution is 0.112. The Hall–Kier alpha value is -1.80. The third-order valence-electron chi connectivity index (χ3n) is 3.10. The minimum atomic E-state index is 0.360. The van der Waals surface area contributed by atoms with Gasteiger partial charge in [-0.05, 0) is 48.2 Å². The standard InChI is InChI=1S/C17H17ClO2/c1-11(2)14-6-4-12(3)8-17(14)20-16-7-5-13(10-19)9-15(16)18/h4-11H,1-3H3. The summed E-state index contributed by atoms with van der Waals surface area (Å²) in [5.41, 5.74) is 2.80. The predicted octanol–water partition coefficient (Wildman–Crippen LogP) is 5.38. The van der Waals surface area contributed by atoms with Gasteiger partial charge in [-0.2, -0.15) is 0 Å². The number of benzene rings is 2. The highest BCUT2D eigenvalue weighted by atomic mass is 35.5. The highest BCUT2D eigenvalue weighted by molar-refractivity contribution is 6.32. The normalized spacial score (nSPS) is 10.7. The highest BCUT2D eigenvalue weighted by Gasteiger charge is 2.11. The zero-order valence-corrected chi connectivity index (χ0v) is 12.6. The molecule has 2 nitrogen and oxygen atoms in total. The van der Waals surface area contributed by atoms with Crippen molar-refractivity contribution in [3.8, 4) is 11.5 Å². The number of hydrogen-bond donors (Lipinski definition) is 0. The van der Waals surface area contributed by atoms with E-state index < -0.39 is 0 Å². The van der Waals surface area contributed by atoms with Gasteiger partial charge in [0.2, 0.25) is 0 Å². The van der Waals surface area contributed by atoms with E-state index in [0.29, 0.717) is 22.3 Å². The maximum Gasteiger partial charge on any atom is 0.150 e. The minimum Gasteiger partial charge on any atom is -0.455 e. The van der Waals surface area contributed by atoms with Crippen molar-refractivity contribution in [1.29, 1.82) is 0 Å². The van der Waals surface area contributed by atoms with Crippen LogP contribution in [0.25, 0.3) is 0 Å². The fraction of sp³-hybridized carbons (Fsp3) is 0.235. The van der Waals surface area contributed by atoms with Crippen LogP contribution in [0, 0.1) is 6.92 Å². The molecule has 20 heavy (non-hydrogen) atoms. The van der Waals surface area contributed by atoms with Crippen LogP contribution in [0.2, 0.25) is 5.02 Å². The van der Waals surface area contributed by atoms with Crippen molar-refractivity contribution in [3.05, 3.63) is 58.1 Å². The Labute approximate surface area is 124 Å². The number of ether oxygens (including phenoxy) is 1. The van der Waals surface area contributed by atoms with Crippen LogP contribution in [0.3, 0.4) is 0 Å². The predicted molar refractivity (Wildman–Crippen MR) is 82.2 cm³/mol. The summed E-state index contributed by atoms with van der Waals surface area (Å²) >= 11 is 6.15. The quantitative estimate of drug-likeness (QED) is 0.706. The Morgan fingerprint density at radius 1 is 1.10 bits per heavy atom. The summed E-state index contributed by atoms with van der Waals surface area (Å²) in [5, 5.41) is 0.436. The lowest BCUT2D eigenvalue weighted by Crippen LogP contribution is -1.95. The average Bonchev–Trinajstić information content (AvgIpc) is 2.40. The minimum absolute atomic E-state index is 0.360. The van der Waals surface area contributed by atoms with E-state index in [1.165, 1.54) is 0 Å². The molecule has 0 heterocycles. The summed E-state index contributed by atoms with van der Waals surface area (Å²) in [6, 6.07) is 11.2. The maximum atomic E-state index is 10.7. The molecule has 0 N–H and O–H groups in total. The molecule has 0 aliphatic carbocycles. The number of carbonyl (C=O) groups is 1. The van der Waals surface area contributed by atoms with Gasteiger partial charge in [-0.15, -0.1) is 0 Å². The zero-order chi connectivity index (χ0) is 14.7. The Bertz CT molecular complexity index is 633. The van der Waals surface area contributed by atoms with Gasteiger partial charge in [-0.1, -0.05) is 37.6 Å². The van der Waals surface area contributed by atoms with Gasteiger partial charge < -0.3 is 4.74 Å². The van der Waals surface area contributed by atoms with Crippen molar-refractivity contribution in [2.75, 3.05) is 0 Å². The summed E-state index contributed by atoms with van der Waals surface area (Å²) < 4.78 is 5.93. The molecule has 3 heteroatoms. The molecule has 0 saturated heterocycles. The van der Waals surface area contributed by atoms with Crippen LogP contribution in [-0.2, 0) is 0 Å². The summed E-state index contributed by atoms with van der Waals surface area (Å²) in [6.07, 6.45) is 0.766. The second kappa shape index (κ2) is 6.10. The first kappa shape index (κ1) is 14.6. The van der Waals surface area contributed by atoms with Crippen LogP contribution in [0.4, 0.5) is 0 Å². The van der Waals surface area contributed by atoms with E-state index >= 15 is 0 Å². The molecule has 2 aromatic rings. The van der Waals surface area contributed by atoms with Gasteiger partial charge in [0.05, 0.1) is 5.02 Å². The van der Waals surface area contributed by atoms with Gasteiger partial charge in [0, 0.05) is 5.56 Å². The largest absolute Gasteiger partial charge is 0.455 e. The zero-order valence-electron chi connectivity index (χ0n) is 11.8. The molecule has 0 spiro atoms. The molecule has 0 aliphatic heterocycles. The molecule has 0 atom stereocenters. The second-order valence-electron chi connectivity index (χ2n) is 5.11. The van der Waals surface area contributed by atoms with Crippen LogP contribution in [0.1, 0.15) is 41.3 Å². The van der Waals surface area contributed by atoms with E-state index in [4.69, 9.17) is 16.3 Å². The number of carbonyl (C=O) groups excluding carboxylic acids is 1.